The van der Waals surface area contributed by atoms with Gasteiger partial charge in [0, 0.05) is 17.6 Å². The van der Waals surface area contributed by atoms with Crippen molar-refractivity contribution < 1.29 is 4.92 Å². The van der Waals surface area contributed by atoms with Crippen molar-refractivity contribution in [3.05, 3.63) is 62.3 Å². The molecule has 1 aromatic carbocycles. The Morgan fingerprint density at radius 2 is 1.84 bits per heavy atom. The van der Waals surface area contributed by atoms with Crippen molar-refractivity contribution in [1.82, 2.24) is 4.98 Å². The number of hydrogen-bond acceptors (Lipinski definition) is 4. The van der Waals surface area contributed by atoms with Crippen molar-refractivity contribution in [2.45, 2.75) is 6.54 Å². The maximum Gasteiger partial charge on any atom is 0.311 e. The Morgan fingerprint density at radius 1 is 1.16 bits per heavy atom. The monoisotopic (exact) mass is 297 g/mol. The van der Waals surface area contributed by atoms with Gasteiger partial charge in [0.1, 0.15) is 5.15 Å². The largest absolute Gasteiger partial charge is 0.360 e. The molecular weight excluding hydrogens is 289 g/mol. The van der Waals surface area contributed by atoms with E-state index in [2.05, 4.69) is 10.3 Å². The first-order chi connectivity index (χ1) is 9.06. The van der Waals surface area contributed by atoms with Gasteiger partial charge in [0.2, 0.25) is 5.82 Å². The van der Waals surface area contributed by atoms with E-state index in [0.29, 0.717) is 11.6 Å². The normalized spacial score (nSPS) is 10.2. The van der Waals surface area contributed by atoms with Gasteiger partial charge in [-0.3, -0.25) is 10.1 Å². The fraction of sp³-hybridized carbons (Fsp3) is 0.0833. The molecule has 0 amide bonds. The van der Waals surface area contributed by atoms with Crippen molar-refractivity contribution in [3.63, 3.8) is 0 Å². The van der Waals surface area contributed by atoms with Gasteiger partial charge in [-0.05, 0) is 23.8 Å². The summed E-state index contributed by atoms with van der Waals surface area (Å²) in [6.07, 6.45) is 0. The number of nitro groups is 1. The van der Waals surface area contributed by atoms with Crippen LogP contribution >= 0.6 is 23.2 Å². The molecule has 0 saturated carbocycles. The summed E-state index contributed by atoms with van der Waals surface area (Å²) in [5.41, 5.74) is 0.818. The van der Waals surface area contributed by atoms with Crippen molar-refractivity contribution >= 4 is 34.7 Å². The summed E-state index contributed by atoms with van der Waals surface area (Å²) in [6.45, 7) is 0.394. The van der Waals surface area contributed by atoms with Crippen LogP contribution in [0.3, 0.4) is 0 Å². The number of hydrogen-bond donors (Lipinski definition) is 1. The minimum atomic E-state index is -0.506. The van der Waals surface area contributed by atoms with Crippen LogP contribution in [0.4, 0.5) is 11.5 Å². The van der Waals surface area contributed by atoms with Crippen LogP contribution in [-0.4, -0.2) is 9.91 Å². The van der Waals surface area contributed by atoms with E-state index in [9.17, 15) is 10.1 Å². The van der Waals surface area contributed by atoms with Crippen molar-refractivity contribution in [2.75, 3.05) is 5.32 Å². The Labute approximate surface area is 119 Å². The lowest BCUT2D eigenvalue weighted by molar-refractivity contribution is -0.384. The van der Waals surface area contributed by atoms with Gasteiger partial charge in [-0.1, -0.05) is 35.3 Å². The lowest BCUT2D eigenvalue weighted by atomic mass is 10.2. The molecule has 0 aliphatic heterocycles. The molecule has 98 valence electrons. The molecule has 7 heteroatoms. The third-order valence-corrected chi connectivity index (χ3v) is 2.87. The smallest absolute Gasteiger partial charge is 0.311 e. The average molecular weight is 298 g/mol. The average Bonchev–Trinajstić information content (AvgIpc) is 2.38. The highest BCUT2D eigenvalue weighted by Crippen LogP contribution is 2.24. The summed E-state index contributed by atoms with van der Waals surface area (Å²) in [4.78, 5) is 14.3. The maximum atomic E-state index is 10.9. The van der Waals surface area contributed by atoms with Crippen LogP contribution in [0, 0.1) is 10.1 Å². The third kappa shape index (κ3) is 3.56. The summed E-state index contributed by atoms with van der Waals surface area (Å²) >= 11 is 11.5. The van der Waals surface area contributed by atoms with Crippen LogP contribution < -0.4 is 5.32 Å². The highest BCUT2D eigenvalue weighted by atomic mass is 35.5. The summed E-state index contributed by atoms with van der Waals surface area (Å²) in [7, 11) is 0. The standard InChI is InChI=1S/C12H9Cl2N3O2/c13-9-3-1-8(2-4-9)7-15-12-10(17(18)19)5-6-11(14)16-12/h1-6H,7H2,(H,15,16). The topological polar surface area (TPSA) is 68.1 Å². The second-order valence-electron chi connectivity index (χ2n) is 3.74. The Kier molecular flexibility index (Phi) is 4.19. The maximum absolute atomic E-state index is 10.9. The predicted octanol–water partition coefficient (Wildman–Crippen LogP) is 3.91. The van der Waals surface area contributed by atoms with E-state index >= 15 is 0 Å². The zero-order valence-electron chi connectivity index (χ0n) is 9.64. The van der Waals surface area contributed by atoms with Gasteiger partial charge < -0.3 is 5.32 Å². The van der Waals surface area contributed by atoms with E-state index in [1.54, 1.807) is 12.1 Å². The fourth-order valence-corrected chi connectivity index (χ4v) is 1.77. The first-order valence-corrected chi connectivity index (χ1v) is 6.11. The second-order valence-corrected chi connectivity index (χ2v) is 4.56. The highest BCUT2D eigenvalue weighted by molar-refractivity contribution is 6.30. The van der Waals surface area contributed by atoms with Gasteiger partial charge >= 0.3 is 5.69 Å². The molecule has 1 N–H and O–H groups in total. The lowest BCUT2D eigenvalue weighted by Gasteiger charge is -2.06. The molecule has 0 unspecified atom stereocenters. The van der Waals surface area contributed by atoms with Gasteiger partial charge in [-0.2, -0.15) is 0 Å². The van der Waals surface area contributed by atoms with E-state index < -0.39 is 4.92 Å². The second kappa shape index (κ2) is 5.86. The molecule has 0 saturated heterocycles. The van der Waals surface area contributed by atoms with E-state index in [4.69, 9.17) is 23.2 Å². The SMILES string of the molecule is O=[N+]([O-])c1ccc(Cl)nc1NCc1ccc(Cl)cc1. The van der Waals surface area contributed by atoms with Crippen LogP contribution in [0.2, 0.25) is 10.2 Å². The molecule has 0 bridgehead atoms. The van der Waals surface area contributed by atoms with Gasteiger partial charge in [-0.25, -0.2) is 4.98 Å². The lowest BCUT2D eigenvalue weighted by Crippen LogP contribution is -2.04. The van der Waals surface area contributed by atoms with E-state index in [-0.39, 0.29) is 16.7 Å². The number of nitrogens with zero attached hydrogens (tertiary/aromatic N) is 2. The minimum Gasteiger partial charge on any atom is -0.360 e. The predicted molar refractivity (Wildman–Crippen MR) is 74.7 cm³/mol. The van der Waals surface area contributed by atoms with Gasteiger partial charge in [0.15, 0.2) is 0 Å². The van der Waals surface area contributed by atoms with Crippen LogP contribution in [0.15, 0.2) is 36.4 Å². The fourth-order valence-electron chi connectivity index (χ4n) is 1.49. The van der Waals surface area contributed by atoms with Crippen molar-refractivity contribution in [1.29, 1.82) is 0 Å². The molecule has 0 aliphatic rings. The number of rotatable bonds is 4. The number of anilines is 1. The van der Waals surface area contributed by atoms with E-state index in [0.717, 1.165) is 5.56 Å². The number of pyridine rings is 1. The van der Waals surface area contributed by atoms with Gasteiger partial charge in [0.05, 0.1) is 4.92 Å². The van der Waals surface area contributed by atoms with E-state index in [1.165, 1.54) is 12.1 Å². The van der Waals surface area contributed by atoms with Gasteiger partial charge in [0.25, 0.3) is 0 Å². The summed E-state index contributed by atoms with van der Waals surface area (Å²) in [6, 6.07) is 9.85. The van der Waals surface area contributed by atoms with Crippen molar-refractivity contribution in [3.8, 4) is 0 Å². The number of benzene rings is 1. The number of nitrogens with one attached hydrogen (secondary N) is 1. The van der Waals surface area contributed by atoms with Crippen LogP contribution in [0.1, 0.15) is 5.56 Å². The Morgan fingerprint density at radius 3 is 2.47 bits per heavy atom. The molecule has 0 aliphatic carbocycles. The summed E-state index contributed by atoms with van der Waals surface area (Å²) in [5.74, 6) is 0.146. The zero-order valence-corrected chi connectivity index (χ0v) is 11.1. The van der Waals surface area contributed by atoms with Crippen molar-refractivity contribution in [2.24, 2.45) is 0 Å². The first kappa shape index (κ1) is 13.6. The van der Waals surface area contributed by atoms with Crippen LogP contribution in [-0.2, 0) is 6.54 Å². The molecule has 0 atom stereocenters. The Balaban J connectivity index is 2.16. The molecule has 0 fully saturated rings. The highest BCUT2D eigenvalue weighted by Gasteiger charge is 2.15. The minimum absolute atomic E-state index is 0.113. The number of aromatic nitrogens is 1. The van der Waals surface area contributed by atoms with Gasteiger partial charge in [-0.15, -0.1) is 0 Å². The molecule has 0 spiro atoms. The van der Waals surface area contributed by atoms with Crippen LogP contribution in [0.25, 0.3) is 0 Å². The zero-order chi connectivity index (χ0) is 13.8. The quantitative estimate of drug-likeness (QED) is 0.528. The third-order valence-electron chi connectivity index (χ3n) is 2.41. The molecule has 0 radical (unpaired) electrons. The summed E-state index contributed by atoms with van der Waals surface area (Å²) in [5, 5.41) is 14.6. The van der Waals surface area contributed by atoms with Crippen LogP contribution in [0.5, 0.6) is 0 Å². The molecule has 1 aromatic heterocycles. The molecule has 2 rings (SSSR count). The Hall–Kier alpha value is -1.85. The molecule has 19 heavy (non-hydrogen) atoms. The summed E-state index contributed by atoms with van der Waals surface area (Å²) < 4.78 is 0. The molecular formula is C12H9Cl2N3O2. The molecule has 5 nitrogen and oxygen atoms in total. The van der Waals surface area contributed by atoms with E-state index in [1.807, 2.05) is 12.1 Å². The first-order valence-electron chi connectivity index (χ1n) is 5.35. The molecule has 1 heterocycles. The molecule has 2 aromatic rings. The number of halogens is 2. The Bertz CT molecular complexity index is 602.